The highest BCUT2D eigenvalue weighted by Crippen LogP contribution is 2.02. The van der Waals surface area contributed by atoms with E-state index in [1.807, 2.05) is 13.0 Å². The summed E-state index contributed by atoms with van der Waals surface area (Å²) in [5, 5.41) is 2.59. The van der Waals surface area contributed by atoms with Crippen LogP contribution in [0.15, 0.2) is 30.3 Å². The average Bonchev–Trinajstić information content (AvgIpc) is 2.19. The van der Waals surface area contributed by atoms with E-state index in [-0.39, 0.29) is 18.1 Å². The molecule has 0 aromatic heterocycles. The summed E-state index contributed by atoms with van der Waals surface area (Å²) < 4.78 is 0. The lowest BCUT2D eigenvalue weighted by Crippen LogP contribution is -2.25. The maximum atomic E-state index is 11.5. The van der Waals surface area contributed by atoms with Gasteiger partial charge >= 0.3 is 0 Å². The van der Waals surface area contributed by atoms with E-state index < -0.39 is 0 Å². The smallest absolute Gasteiger partial charge is 0.227 e. The summed E-state index contributed by atoms with van der Waals surface area (Å²) in [5.74, 6) is -0.363. The van der Waals surface area contributed by atoms with E-state index in [4.69, 9.17) is 0 Å². The number of Topliss-reactive ketones (excluding diaryl/α,β-unsaturated/α-hetero) is 1. The number of amides is 1. The Kier molecular flexibility index (Phi) is 3.85. The maximum Gasteiger partial charge on any atom is 0.227 e. The van der Waals surface area contributed by atoms with Gasteiger partial charge in [-0.3, -0.25) is 9.59 Å². The van der Waals surface area contributed by atoms with E-state index >= 15 is 0 Å². The third-order valence-corrected chi connectivity index (χ3v) is 1.79. The molecule has 0 aliphatic heterocycles. The molecule has 0 radical (unpaired) electrons. The van der Waals surface area contributed by atoms with Crippen LogP contribution in [0.25, 0.3) is 0 Å². The van der Waals surface area contributed by atoms with Gasteiger partial charge in [0.1, 0.15) is 0 Å². The number of benzene rings is 1. The first-order chi connectivity index (χ1) is 6.74. The summed E-state index contributed by atoms with van der Waals surface area (Å²) in [4.78, 5) is 22.6. The molecule has 1 amide bonds. The Labute approximate surface area is 83.1 Å². The van der Waals surface area contributed by atoms with E-state index in [1.165, 1.54) is 0 Å². The summed E-state index contributed by atoms with van der Waals surface area (Å²) in [5.41, 5.74) is 0.582. The zero-order chi connectivity index (χ0) is 10.4. The monoisotopic (exact) mass is 191 g/mol. The molecule has 0 atom stereocenters. The Hall–Kier alpha value is -1.64. The van der Waals surface area contributed by atoms with E-state index in [9.17, 15) is 9.59 Å². The minimum absolute atomic E-state index is 0.0716. The minimum Gasteiger partial charge on any atom is -0.356 e. The van der Waals surface area contributed by atoms with Crippen LogP contribution in [0.4, 0.5) is 0 Å². The number of carbonyl (C=O) groups is 2. The molecule has 0 fully saturated rings. The zero-order valence-electron chi connectivity index (χ0n) is 8.12. The van der Waals surface area contributed by atoms with Crippen LogP contribution in [0.5, 0.6) is 0 Å². The van der Waals surface area contributed by atoms with Gasteiger partial charge in [0, 0.05) is 12.1 Å². The van der Waals surface area contributed by atoms with Crippen molar-refractivity contribution in [2.75, 3.05) is 6.54 Å². The lowest BCUT2D eigenvalue weighted by atomic mass is 10.1. The van der Waals surface area contributed by atoms with Crippen LogP contribution in [0.1, 0.15) is 23.7 Å². The number of carbonyl (C=O) groups excluding carboxylic acids is 2. The topological polar surface area (TPSA) is 46.2 Å². The molecule has 1 N–H and O–H groups in total. The maximum absolute atomic E-state index is 11.5. The summed E-state index contributed by atoms with van der Waals surface area (Å²) in [7, 11) is 0. The summed E-state index contributed by atoms with van der Waals surface area (Å²) >= 11 is 0. The Balaban J connectivity index is 2.55. The van der Waals surface area contributed by atoms with E-state index in [2.05, 4.69) is 5.32 Å². The fourth-order valence-corrected chi connectivity index (χ4v) is 1.13. The van der Waals surface area contributed by atoms with Crippen molar-refractivity contribution in [1.29, 1.82) is 0 Å². The molecule has 0 spiro atoms. The Bertz CT molecular complexity index is 319. The number of hydrogen-bond acceptors (Lipinski definition) is 2. The molecule has 3 nitrogen and oxygen atoms in total. The van der Waals surface area contributed by atoms with Crippen LogP contribution in [0, 0.1) is 0 Å². The van der Waals surface area contributed by atoms with Gasteiger partial charge in [-0.2, -0.15) is 0 Å². The minimum atomic E-state index is -0.221. The predicted molar refractivity (Wildman–Crippen MR) is 54.1 cm³/mol. The molecule has 3 heteroatoms. The lowest BCUT2D eigenvalue weighted by Gasteiger charge is -2.01. The fourth-order valence-electron chi connectivity index (χ4n) is 1.13. The molecular formula is C11H13NO2. The SMILES string of the molecule is CCNC(=O)CC(=O)c1ccccc1. The van der Waals surface area contributed by atoms with E-state index in [0.29, 0.717) is 12.1 Å². The first-order valence-electron chi connectivity index (χ1n) is 4.59. The van der Waals surface area contributed by atoms with Crippen molar-refractivity contribution in [3.05, 3.63) is 35.9 Å². The number of rotatable bonds is 4. The molecule has 14 heavy (non-hydrogen) atoms. The second kappa shape index (κ2) is 5.17. The summed E-state index contributed by atoms with van der Waals surface area (Å²) in [6.45, 7) is 2.38. The van der Waals surface area contributed by atoms with Crippen LogP contribution >= 0.6 is 0 Å². The molecule has 0 aliphatic carbocycles. The van der Waals surface area contributed by atoms with Gasteiger partial charge in [0.25, 0.3) is 0 Å². The number of nitrogens with one attached hydrogen (secondary N) is 1. The van der Waals surface area contributed by atoms with Crippen molar-refractivity contribution < 1.29 is 9.59 Å². The van der Waals surface area contributed by atoms with Gasteiger partial charge in [0.05, 0.1) is 6.42 Å². The van der Waals surface area contributed by atoms with Gasteiger partial charge in [0.2, 0.25) is 5.91 Å². The third-order valence-electron chi connectivity index (χ3n) is 1.79. The van der Waals surface area contributed by atoms with Crippen molar-refractivity contribution in [1.82, 2.24) is 5.32 Å². The van der Waals surface area contributed by atoms with Crippen molar-refractivity contribution in [2.45, 2.75) is 13.3 Å². The average molecular weight is 191 g/mol. The van der Waals surface area contributed by atoms with Crippen LogP contribution in [-0.4, -0.2) is 18.2 Å². The summed E-state index contributed by atoms with van der Waals surface area (Å²) in [6, 6.07) is 8.82. The number of hydrogen-bond donors (Lipinski definition) is 1. The zero-order valence-corrected chi connectivity index (χ0v) is 8.12. The fraction of sp³-hybridized carbons (Fsp3) is 0.273. The van der Waals surface area contributed by atoms with E-state index in [1.54, 1.807) is 24.3 Å². The van der Waals surface area contributed by atoms with Crippen molar-refractivity contribution >= 4 is 11.7 Å². The quantitative estimate of drug-likeness (QED) is 0.577. The Morgan fingerprint density at radius 3 is 2.43 bits per heavy atom. The third kappa shape index (κ3) is 3.01. The molecule has 0 heterocycles. The second-order valence-corrected chi connectivity index (χ2v) is 2.92. The Morgan fingerprint density at radius 2 is 1.86 bits per heavy atom. The van der Waals surface area contributed by atoms with Crippen molar-refractivity contribution in [3.63, 3.8) is 0 Å². The predicted octanol–water partition coefficient (Wildman–Crippen LogP) is 1.40. The molecule has 1 aromatic rings. The summed E-state index contributed by atoms with van der Waals surface area (Å²) in [6.07, 6.45) is -0.0716. The van der Waals surface area contributed by atoms with Gasteiger partial charge in [-0.25, -0.2) is 0 Å². The molecule has 0 aliphatic rings. The van der Waals surface area contributed by atoms with Gasteiger partial charge in [-0.05, 0) is 6.92 Å². The highest BCUT2D eigenvalue weighted by Gasteiger charge is 2.09. The molecular weight excluding hydrogens is 178 g/mol. The molecule has 0 saturated carbocycles. The highest BCUT2D eigenvalue weighted by atomic mass is 16.2. The molecule has 0 saturated heterocycles. The molecule has 1 aromatic carbocycles. The van der Waals surface area contributed by atoms with Gasteiger partial charge in [0.15, 0.2) is 5.78 Å². The second-order valence-electron chi connectivity index (χ2n) is 2.92. The van der Waals surface area contributed by atoms with Crippen molar-refractivity contribution in [3.8, 4) is 0 Å². The van der Waals surface area contributed by atoms with Gasteiger partial charge in [-0.1, -0.05) is 30.3 Å². The standard InChI is InChI=1S/C11H13NO2/c1-2-12-11(14)8-10(13)9-6-4-3-5-7-9/h3-7H,2,8H2,1H3,(H,12,14). The van der Waals surface area contributed by atoms with Crippen molar-refractivity contribution in [2.24, 2.45) is 0 Å². The molecule has 0 bridgehead atoms. The lowest BCUT2D eigenvalue weighted by molar-refractivity contribution is -0.120. The largest absolute Gasteiger partial charge is 0.356 e. The molecule has 1 rings (SSSR count). The van der Waals surface area contributed by atoms with Crippen LogP contribution in [-0.2, 0) is 4.79 Å². The molecule has 0 unspecified atom stereocenters. The van der Waals surface area contributed by atoms with E-state index in [0.717, 1.165) is 0 Å². The molecule has 74 valence electrons. The first kappa shape index (κ1) is 10.4. The van der Waals surface area contributed by atoms with Crippen LogP contribution < -0.4 is 5.32 Å². The number of ketones is 1. The normalized spacial score (nSPS) is 9.50. The Morgan fingerprint density at radius 1 is 1.21 bits per heavy atom. The highest BCUT2D eigenvalue weighted by molar-refractivity contribution is 6.07. The van der Waals surface area contributed by atoms with Gasteiger partial charge < -0.3 is 5.32 Å². The van der Waals surface area contributed by atoms with Crippen LogP contribution in [0.3, 0.4) is 0 Å². The van der Waals surface area contributed by atoms with Gasteiger partial charge in [-0.15, -0.1) is 0 Å². The van der Waals surface area contributed by atoms with Crippen LogP contribution in [0.2, 0.25) is 0 Å². The first-order valence-corrected chi connectivity index (χ1v) is 4.59.